The third kappa shape index (κ3) is 3.49. The zero-order valence-electron chi connectivity index (χ0n) is 15.4. The summed E-state index contributed by atoms with van der Waals surface area (Å²) in [5, 5.41) is 14.5. The Bertz CT molecular complexity index is 940. The van der Waals surface area contributed by atoms with Crippen molar-refractivity contribution >= 4 is 11.6 Å². The zero-order chi connectivity index (χ0) is 19.6. The maximum atomic E-state index is 14.2. The molecule has 3 aromatic heterocycles. The zero-order valence-corrected chi connectivity index (χ0v) is 15.4. The molecule has 6 nitrogen and oxygen atoms in total. The van der Waals surface area contributed by atoms with Crippen LogP contribution in [0, 0.1) is 5.82 Å². The van der Waals surface area contributed by atoms with Gasteiger partial charge in [0.2, 0.25) is 0 Å². The molecule has 8 heteroatoms. The Kier molecular flexibility index (Phi) is 4.85. The van der Waals surface area contributed by atoms with E-state index in [2.05, 4.69) is 30.8 Å². The lowest BCUT2D eigenvalue weighted by Gasteiger charge is -2.43. The Morgan fingerprint density at radius 3 is 2.50 bits per heavy atom. The second kappa shape index (κ2) is 7.46. The summed E-state index contributed by atoms with van der Waals surface area (Å²) in [6.45, 7) is 0.341. The van der Waals surface area contributed by atoms with Gasteiger partial charge < -0.3 is 10.6 Å². The molecule has 1 saturated carbocycles. The summed E-state index contributed by atoms with van der Waals surface area (Å²) in [4.78, 5) is 8.42. The van der Waals surface area contributed by atoms with E-state index in [0.29, 0.717) is 23.8 Å². The number of halogens is 2. The lowest BCUT2D eigenvalue weighted by atomic mass is 9.65. The number of nitrogens with zero attached hydrogens (tertiary/aromatic N) is 4. The highest BCUT2D eigenvalue weighted by Crippen LogP contribution is 2.45. The maximum absolute atomic E-state index is 14.2. The van der Waals surface area contributed by atoms with Crippen LogP contribution in [0.4, 0.5) is 20.4 Å². The normalized spacial score (nSPS) is 21.0. The molecule has 0 aliphatic heterocycles. The number of hydrogen-bond acceptors (Lipinski definition) is 6. The molecule has 1 aliphatic rings. The SMILES string of the molecule is CNc1ccc(-c2ccc(NC[C@]3(c4ncccc4F)C[C@H](F)C3)nn2)cn1. The summed E-state index contributed by atoms with van der Waals surface area (Å²) < 4.78 is 27.8. The lowest BCUT2D eigenvalue weighted by Crippen LogP contribution is -2.49. The van der Waals surface area contributed by atoms with E-state index < -0.39 is 17.4 Å². The fourth-order valence-electron chi connectivity index (χ4n) is 3.52. The van der Waals surface area contributed by atoms with Crippen LogP contribution in [0.15, 0.2) is 48.8 Å². The summed E-state index contributed by atoms with van der Waals surface area (Å²) in [5.74, 6) is 0.908. The quantitative estimate of drug-likeness (QED) is 0.679. The second-order valence-electron chi connectivity index (χ2n) is 6.96. The van der Waals surface area contributed by atoms with E-state index in [-0.39, 0.29) is 12.8 Å². The van der Waals surface area contributed by atoms with Gasteiger partial charge in [-0.15, -0.1) is 10.2 Å². The summed E-state index contributed by atoms with van der Waals surface area (Å²) in [7, 11) is 1.80. The van der Waals surface area contributed by atoms with Crippen LogP contribution < -0.4 is 10.6 Å². The number of rotatable bonds is 6. The van der Waals surface area contributed by atoms with Crippen LogP contribution in [0.3, 0.4) is 0 Å². The summed E-state index contributed by atoms with van der Waals surface area (Å²) in [6, 6.07) is 10.3. The van der Waals surface area contributed by atoms with Crippen LogP contribution in [-0.2, 0) is 5.41 Å². The Balaban J connectivity index is 1.47. The van der Waals surface area contributed by atoms with E-state index in [0.717, 1.165) is 11.4 Å². The molecular formula is C20H20F2N6. The molecule has 28 heavy (non-hydrogen) atoms. The molecule has 0 aromatic carbocycles. The van der Waals surface area contributed by atoms with Crippen molar-refractivity contribution in [1.82, 2.24) is 20.2 Å². The molecule has 0 bridgehead atoms. The van der Waals surface area contributed by atoms with Crippen molar-refractivity contribution in [3.63, 3.8) is 0 Å². The predicted octanol–water partition coefficient (Wildman–Crippen LogP) is 3.60. The Labute approximate surface area is 161 Å². The van der Waals surface area contributed by atoms with E-state index in [4.69, 9.17) is 0 Å². The van der Waals surface area contributed by atoms with Gasteiger partial charge in [0.15, 0.2) is 0 Å². The van der Waals surface area contributed by atoms with Gasteiger partial charge in [0.05, 0.1) is 11.4 Å². The van der Waals surface area contributed by atoms with Crippen LogP contribution >= 0.6 is 0 Å². The molecule has 0 saturated heterocycles. The number of anilines is 2. The highest BCUT2D eigenvalue weighted by Gasteiger charge is 2.48. The smallest absolute Gasteiger partial charge is 0.148 e. The second-order valence-corrected chi connectivity index (χ2v) is 6.96. The molecule has 1 aliphatic carbocycles. The summed E-state index contributed by atoms with van der Waals surface area (Å²) >= 11 is 0. The fraction of sp³-hybridized carbons (Fsp3) is 0.300. The van der Waals surface area contributed by atoms with Crippen molar-refractivity contribution in [3.05, 3.63) is 60.3 Å². The van der Waals surface area contributed by atoms with Crippen molar-refractivity contribution < 1.29 is 8.78 Å². The molecule has 1 fully saturated rings. The van der Waals surface area contributed by atoms with E-state index in [1.807, 2.05) is 18.2 Å². The number of alkyl halides is 1. The molecular weight excluding hydrogens is 362 g/mol. The predicted molar refractivity (Wildman–Crippen MR) is 103 cm³/mol. The maximum Gasteiger partial charge on any atom is 0.148 e. The van der Waals surface area contributed by atoms with Gasteiger partial charge >= 0.3 is 0 Å². The van der Waals surface area contributed by atoms with Crippen molar-refractivity contribution in [2.45, 2.75) is 24.4 Å². The average molecular weight is 382 g/mol. The van der Waals surface area contributed by atoms with Gasteiger partial charge in [-0.1, -0.05) is 0 Å². The molecule has 4 rings (SSSR count). The van der Waals surface area contributed by atoms with Crippen molar-refractivity contribution in [2.24, 2.45) is 0 Å². The van der Waals surface area contributed by atoms with Crippen LogP contribution in [-0.4, -0.2) is 39.9 Å². The summed E-state index contributed by atoms with van der Waals surface area (Å²) in [5.41, 5.74) is 1.18. The highest BCUT2D eigenvalue weighted by molar-refractivity contribution is 5.60. The number of nitrogens with one attached hydrogen (secondary N) is 2. The van der Waals surface area contributed by atoms with Crippen LogP contribution in [0.2, 0.25) is 0 Å². The lowest BCUT2D eigenvalue weighted by molar-refractivity contribution is 0.0964. The van der Waals surface area contributed by atoms with Crippen LogP contribution in [0.5, 0.6) is 0 Å². The van der Waals surface area contributed by atoms with Crippen molar-refractivity contribution in [1.29, 1.82) is 0 Å². The molecule has 0 spiro atoms. The van der Waals surface area contributed by atoms with Gasteiger partial charge in [0.1, 0.15) is 23.6 Å². The molecule has 0 unspecified atom stereocenters. The van der Waals surface area contributed by atoms with E-state index in [9.17, 15) is 8.78 Å². The standard InChI is InChI=1S/C20H20F2N6/c1-23-17-6-4-13(11-25-17)16-5-7-18(28-27-16)26-12-20(9-14(21)10-20)19-15(22)3-2-8-24-19/h2-8,11,14H,9-10,12H2,1H3,(H,23,25)(H,26,28)/t14-,20-. The average Bonchev–Trinajstić information content (AvgIpc) is 2.71. The molecule has 3 aromatic rings. The summed E-state index contributed by atoms with van der Waals surface area (Å²) in [6.07, 6.45) is 2.79. The molecule has 3 heterocycles. The molecule has 144 valence electrons. The Morgan fingerprint density at radius 2 is 1.89 bits per heavy atom. The third-order valence-electron chi connectivity index (χ3n) is 5.07. The van der Waals surface area contributed by atoms with Crippen LogP contribution in [0.1, 0.15) is 18.5 Å². The number of aromatic nitrogens is 4. The van der Waals surface area contributed by atoms with Gasteiger partial charge in [-0.2, -0.15) is 0 Å². The largest absolute Gasteiger partial charge is 0.373 e. The van der Waals surface area contributed by atoms with Gasteiger partial charge in [0.25, 0.3) is 0 Å². The third-order valence-corrected chi connectivity index (χ3v) is 5.07. The fourth-order valence-corrected chi connectivity index (χ4v) is 3.52. The molecule has 2 N–H and O–H groups in total. The first-order valence-electron chi connectivity index (χ1n) is 9.06. The minimum atomic E-state index is -0.940. The van der Waals surface area contributed by atoms with Crippen molar-refractivity contribution in [2.75, 3.05) is 24.2 Å². The Morgan fingerprint density at radius 1 is 1.07 bits per heavy atom. The van der Waals surface area contributed by atoms with Gasteiger partial charge in [0, 0.05) is 37.0 Å². The van der Waals surface area contributed by atoms with E-state index in [1.54, 1.807) is 19.3 Å². The van der Waals surface area contributed by atoms with Gasteiger partial charge in [-0.25, -0.2) is 13.8 Å². The first kappa shape index (κ1) is 18.2. The van der Waals surface area contributed by atoms with Crippen molar-refractivity contribution in [3.8, 4) is 11.3 Å². The number of pyridine rings is 2. The number of hydrogen-bond donors (Lipinski definition) is 2. The molecule has 0 atom stereocenters. The van der Waals surface area contributed by atoms with Crippen LogP contribution in [0.25, 0.3) is 11.3 Å². The molecule has 0 radical (unpaired) electrons. The van der Waals surface area contributed by atoms with Gasteiger partial charge in [-0.05, 0) is 49.2 Å². The minimum Gasteiger partial charge on any atom is -0.373 e. The molecule has 0 amide bonds. The first-order chi connectivity index (χ1) is 13.6. The monoisotopic (exact) mass is 382 g/mol. The first-order valence-corrected chi connectivity index (χ1v) is 9.06. The van der Waals surface area contributed by atoms with E-state index in [1.165, 1.54) is 18.3 Å². The highest BCUT2D eigenvalue weighted by atomic mass is 19.1. The topological polar surface area (TPSA) is 75.6 Å². The van der Waals surface area contributed by atoms with Gasteiger partial charge in [-0.3, -0.25) is 4.98 Å². The Hall–Kier alpha value is -3.16. The van der Waals surface area contributed by atoms with E-state index >= 15 is 0 Å². The minimum absolute atomic E-state index is 0.239.